The molecule has 0 saturated heterocycles. The van der Waals surface area contributed by atoms with Crippen molar-refractivity contribution in [3.63, 3.8) is 0 Å². The van der Waals surface area contributed by atoms with Gasteiger partial charge in [-0.3, -0.25) is 4.79 Å². The van der Waals surface area contributed by atoms with E-state index in [-0.39, 0.29) is 5.91 Å². The number of nitrogens with zero attached hydrogens (tertiary/aromatic N) is 2. The maximum atomic E-state index is 12.0. The number of nitrogens with one attached hydrogen (secondary N) is 1. The van der Waals surface area contributed by atoms with Crippen LogP contribution in [-0.4, -0.2) is 22.4 Å². The summed E-state index contributed by atoms with van der Waals surface area (Å²) in [6, 6.07) is 17.1. The Labute approximate surface area is 178 Å². The molecule has 4 nitrogen and oxygen atoms in total. The Morgan fingerprint density at radius 2 is 1.89 bits per heavy atom. The van der Waals surface area contributed by atoms with E-state index in [2.05, 4.69) is 10.5 Å². The van der Waals surface area contributed by atoms with Crippen molar-refractivity contribution < 1.29 is 4.79 Å². The summed E-state index contributed by atoms with van der Waals surface area (Å²) in [5, 5.41) is 5.32. The van der Waals surface area contributed by atoms with Gasteiger partial charge in [0.05, 0.1) is 22.7 Å². The van der Waals surface area contributed by atoms with E-state index in [0.29, 0.717) is 15.8 Å². The van der Waals surface area contributed by atoms with Crippen LogP contribution in [0.5, 0.6) is 0 Å². The summed E-state index contributed by atoms with van der Waals surface area (Å²) >= 11 is 13.9. The van der Waals surface area contributed by atoms with Gasteiger partial charge in [0.15, 0.2) is 0 Å². The van der Waals surface area contributed by atoms with Gasteiger partial charge < -0.3 is 4.57 Å². The molecule has 0 bridgehead atoms. The van der Waals surface area contributed by atoms with Gasteiger partial charge in [0.2, 0.25) is 5.91 Å². The molecular formula is C21H19Cl2N3OS. The zero-order valence-corrected chi connectivity index (χ0v) is 17.8. The molecule has 0 unspecified atom stereocenters. The van der Waals surface area contributed by atoms with Crippen molar-refractivity contribution in [3.05, 3.63) is 81.6 Å². The number of thioether (sulfide) groups is 1. The molecular weight excluding hydrogens is 413 g/mol. The van der Waals surface area contributed by atoms with Crippen LogP contribution in [0.4, 0.5) is 0 Å². The number of hydrogen-bond acceptors (Lipinski definition) is 3. The first-order valence-corrected chi connectivity index (χ1v) is 10.3. The average molecular weight is 432 g/mol. The van der Waals surface area contributed by atoms with E-state index in [1.54, 1.807) is 18.3 Å². The minimum atomic E-state index is -0.156. The van der Waals surface area contributed by atoms with Crippen LogP contribution in [0.3, 0.4) is 0 Å². The molecule has 0 atom stereocenters. The molecule has 0 aliphatic carbocycles. The summed E-state index contributed by atoms with van der Waals surface area (Å²) in [6.07, 6.45) is 1.64. The van der Waals surface area contributed by atoms with Crippen molar-refractivity contribution in [3.8, 4) is 5.69 Å². The molecule has 1 amide bonds. The highest BCUT2D eigenvalue weighted by atomic mass is 35.5. The molecule has 0 aliphatic rings. The normalized spacial score (nSPS) is 11.1. The highest BCUT2D eigenvalue weighted by Gasteiger charge is 2.12. The topological polar surface area (TPSA) is 46.4 Å². The van der Waals surface area contributed by atoms with E-state index in [4.69, 9.17) is 23.2 Å². The van der Waals surface area contributed by atoms with Gasteiger partial charge in [0, 0.05) is 26.9 Å². The number of hydrogen-bond donors (Lipinski definition) is 1. The van der Waals surface area contributed by atoms with Crippen LogP contribution in [0.1, 0.15) is 17.0 Å². The summed E-state index contributed by atoms with van der Waals surface area (Å²) in [6.45, 7) is 3.95. The molecule has 1 heterocycles. The van der Waals surface area contributed by atoms with Crippen LogP contribution in [0.25, 0.3) is 5.69 Å². The standard InChI is InChI=1S/C21H19Cl2N3OS/c1-14-10-16(15(2)26(14)20-11-17(22)8-9-19(20)23)12-24-25-21(27)13-28-18-6-4-3-5-7-18/h3-12H,13H2,1-2H3,(H,25,27)/b24-12-. The Hall–Kier alpha value is -2.21. The van der Waals surface area contributed by atoms with Crippen LogP contribution in [-0.2, 0) is 4.79 Å². The summed E-state index contributed by atoms with van der Waals surface area (Å²) in [4.78, 5) is 13.0. The van der Waals surface area contributed by atoms with E-state index < -0.39 is 0 Å². The van der Waals surface area contributed by atoms with Crippen molar-refractivity contribution in [1.29, 1.82) is 0 Å². The van der Waals surface area contributed by atoms with Crippen molar-refractivity contribution >= 4 is 47.1 Å². The van der Waals surface area contributed by atoms with Gasteiger partial charge in [0.25, 0.3) is 0 Å². The van der Waals surface area contributed by atoms with Gasteiger partial charge in [0.1, 0.15) is 0 Å². The summed E-state index contributed by atoms with van der Waals surface area (Å²) < 4.78 is 2.02. The molecule has 0 fully saturated rings. The van der Waals surface area contributed by atoms with Crippen LogP contribution in [0, 0.1) is 13.8 Å². The zero-order chi connectivity index (χ0) is 20.1. The second-order valence-electron chi connectivity index (χ2n) is 6.15. The quantitative estimate of drug-likeness (QED) is 0.311. The average Bonchev–Trinajstić information content (AvgIpc) is 2.96. The van der Waals surface area contributed by atoms with Gasteiger partial charge in [-0.25, -0.2) is 5.43 Å². The number of halogens is 2. The number of rotatable bonds is 6. The highest BCUT2D eigenvalue weighted by Crippen LogP contribution is 2.28. The second kappa shape index (κ2) is 9.32. The molecule has 1 N–H and O–H groups in total. The van der Waals surface area contributed by atoms with Gasteiger partial charge >= 0.3 is 0 Å². The molecule has 7 heteroatoms. The Morgan fingerprint density at radius 3 is 2.64 bits per heavy atom. The molecule has 0 saturated carbocycles. The van der Waals surface area contributed by atoms with Gasteiger partial charge in [-0.05, 0) is 50.2 Å². The number of carbonyl (C=O) groups excluding carboxylic acids is 1. The Bertz CT molecular complexity index is 1020. The van der Waals surface area contributed by atoms with Crippen LogP contribution in [0.2, 0.25) is 10.0 Å². The van der Waals surface area contributed by atoms with E-state index in [9.17, 15) is 4.79 Å². The number of hydrazone groups is 1. The maximum absolute atomic E-state index is 12.0. The third-order valence-electron chi connectivity index (χ3n) is 4.13. The lowest BCUT2D eigenvalue weighted by Gasteiger charge is -2.12. The lowest BCUT2D eigenvalue weighted by atomic mass is 10.2. The van der Waals surface area contributed by atoms with Crippen molar-refractivity contribution in [2.24, 2.45) is 5.10 Å². The number of aromatic nitrogens is 1. The van der Waals surface area contributed by atoms with E-state index in [0.717, 1.165) is 27.5 Å². The Balaban J connectivity index is 1.68. The van der Waals surface area contributed by atoms with Crippen LogP contribution < -0.4 is 5.43 Å². The first-order valence-electron chi connectivity index (χ1n) is 8.60. The fourth-order valence-electron chi connectivity index (χ4n) is 2.82. The highest BCUT2D eigenvalue weighted by molar-refractivity contribution is 8.00. The van der Waals surface area contributed by atoms with E-state index in [1.807, 2.05) is 60.9 Å². The number of amides is 1. The number of aryl methyl sites for hydroxylation is 1. The second-order valence-corrected chi connectivity index (χ2v) is 8.04. The lowest BCUT2D eigenvalue weighted by Crippen LogP contribution is -2.19. The molecule has 1 aromatic heterocycles. The third kappa shape index (κ3) is 4.98. The van der Waals surface area contributed by atoms with Gasteiger partial charge in [-0.2, -0.15) is 5.10 Å². The fourth-order valence-corrected chi connectivity index (χ4v) is 3.90. The predicted octanol–water partition coefficient (Wildman–Crippen LogP) is 5.64. The van der Waals surface area contributed by atoms with Gasteiger partial charge in [-0.15, -0.1) is 11.8 Å². The summed E-state index contributed by atoms with van der Waals surface area (Å²) in [7, 11) is 0. The van der Waals surface area contributed by atoms with Crippen LogP contribution in [0.15, 0.2) is 64.6 Å². The molecule has 0 aliphatic heterocycles. The first-order chi connectivity index (χ1) is 13.5. The van der Waals surface area contributed by atoms with Crippen molar-refractivity contribution in [2.75, 3.05) is 5.75 Å². The third-order valence-corrected chi connectivity index (χ3v) is 5.69. The zero-order valence-electron chi connectivity index (χ0n) is 15.4. The Kier molecular flexibility index (Phi) is 6.83. The minimum absolute atomic E-state index is 0.156. The monoisotopic (exact) mass is 431 g/mol. The molecule has 0 spiro atoms. The number of carbonyl (C=O) groups is 1. The van der Waals surface area contributed by atoms with E-state index >= 15 is 0 Å². The lowest BCUT2D eigenvalue weighted by molar-refractivity contribution is -0.118. The SMILES string of the molecule is Cc1cc(/C=N\NC(=O)CSc2ccccc2)c(C)n1-c1cc(Cl)ccc1Cl. The molecule has 3 aromatic rings. The summed E-state index contributed by atoms with van der Waals surface area (Å²) in [5.74, 6) is 0.148. The smallest absolute Gasteiger partial charge is 0.250 e. The van der Waals surface area contributed by atoms with E-state index in [1.165, 1.54) is 11.8 Å². The van der Waals surface area contributed by atoms with Gasteiger partial charge in [-0.1, -0.05) is 41.4 Å². The maximum Gasteiger partial charge on any atom is 0.250 e. The summed E-state index contributed by atoms with van der Waals surface area (Å²) in [5.41, 5.74) is 6.23. The molecule has 2 aromatic carbocycles. The van der Waals surface area contributed by atoms with Crippen molar-refractivity contribution in [1.82, 2.24) is 9.99 Å². The molecule has 3 rings (SSSR count). The fraction of sp³-hybridized carbons (Fsp3) is 0.143. The van der Waals surface area contributed by atoms with Crippen LogP contribution >= 0.6 is 35.0 Å². The number of benzene rings is 2. The minimum Gasteiger partial charge on any atom is -0.316 e. The Morgan fingerprint density at radius 1 is 1.14 bits per heavy atom. The molecule has 144 valence electrons. The largest absolute Gasteiger partial charge is 0.316 e. The molecule has 0 radical (unpaired) electrons. The van der Waals surface area contributed by atoms with Crippen molar-refractivity contribution in [2.45, 2.75) is 18.7 Å². The molecule has 28 heavy (non-hydrogen) atoms. The predicted molar refractivity (Wildman–Crippen MR) is 118 cm³/mol. The first kappa shape index (κ1) is 20.5.